The molecule has 0 aromatic rings. The van der Waals surface area contributed by atoms with Crippen molar-refractivity contribution in [2.45, 2.75) is 20.3 Å². The summed E-state index contributed by atoms with van der Waals surface area (Å²) in [7, 11) is 0. The van der Waals surface area contributed by atoms with Crippen LogP contribution in [0.3, 0.4) is 0 Å². The highest BCUT2D eigenvalue weighted by Crippen LogP contribution is 2.56. The number of hydrogen-bond acceptors (Lipinski definition) is 2. The molecule has 2 heteroatoms. The molecule has 0 unspecified atom stereocenters. The maximum absolute atomic E-state index is 11.3. The summed E-state index contributed by atoms with van der Waals surface area (Å²) in [5, 5.41) is 0. The molecule has 0 spiro atoms. The molecule has 2 aliphatic carbocycles. The van der Waals surface area contributed by atoms with Crippen LogP contribution >= 0.6 is 0 Å². The van der Waals surface area contributed by atoms with Crippen molar-refractivity contribution in [3.8, 4) is 0 Å². The van der Waals surface area contributed by atoms with Gasteiger partial charge in [-0.05, 0) is 32.1 Å². The molecule has 1 saturated carbocycles. The first-order valence-corrected chi connectivity index (χ1v) is 4.58. The van der Waals surface area contributed by atoms with Crippen molar-refractivity contribution in [1.29, 1.82) is 0 Å². The Morgan fingerprint density at radius 1 is 1.75 bits per heavy atom. The van der Waals surface area contributed by atoms with Crippen molar-refractivity contribution in [2.75, 3.05) is 6.61 Å². The standard InChI is InChI=1S/C10H14O2/c1-3-12-10(11)9-7-4-6(2)5-8(7)9/h4,7-9H,3,5H2,1-2H3/t7-,8+,9+/m1/s1. The minimum Gasteiger partial charge on any atom is -0.466 e. The molecule has 0 N–H and O–H groups in total. The van der Waals surface area contributed by atoms with E-state index in [0.717, 1.165) is 6.42 Å². The van der Waals surface area contributed by atoms with Crippen molar-refractivity contribution in [3.63, 3.8) is 0 Å². The third-order valence-corrected chi connectivity index (χ3v) is 2.82. The zero-order valence-corrected chi connectivity index (χ0v) is 7.54. The molecule has 3 atom stereocenters. The summed E-state index contributed by atoms with van der Waals surface area (Å²) in [4.78, 5) is 11.3. The van der Waals surface area contributed by atoms with Gasteiger partial charge in [-0.3, -0.25) is 4.79 Å². The fraction of sp³-hybridized carbons (Fsp3) is 0.700. The first-order valence-electron chi connectivity index (χ1n) is 4.58. The quantitative estimate of drug-likeness (QED) is 0.461. The molecule has 0 saturated heterocycles. The van der Waals surface area contributed by atoms with Gasteiger partial charge in [-0.2, -0.15) is 0 Å². The number of carbonyl (C=O) groups is 1. The maximum atomic E-state index is 11.3. The second-order valence-electron chi connectivity index (χ2n) is 3.74. The minimum absolute atomic E-state index is 0.0104. The normalized spacial score (nSPS) is 37.2. The Kier molecular flexibility index (Phi) is 1.71. The summed E-state index contributed by atoms with van der Waals surface area (Å²) in [5.74, 6) is 1.32. The lowest BCUT2D eigenvalue weighted by atomic mass is 10.1. The number of hydrogen-bond donors (Lipinski definition) is 0. The minimum atomic E-state index is 0.0104. The Hall–Kier alpha value is -0.790. The largest absolute Gasteiger partial charge is 0.466 e. The maximum Gasteiger partial charge on any atom is 0.309 e. The van der Waals surface area contributed by atoms with Crippen molar-refractivity contribution in [2.24, 2.45) is 17.8 Å². The molecule has 2 aliphatic rings. The van der Waals surface area contributed by atoms with E-state index < -0.39 is 0 Å². The van der Waals surface area contributed by atoms with Gasteiger partial charge in [0.05, 0.1) is 12.5 Å². The Morgan fingerprint density at radius 2 is 2.50 bits per heavy atom. The monoisotopic (exact) mass is 166 g/mol. The van der Waals surface area contributed by atoms with E-state index in [4.69, 9.17) is 4.74 Å². The van der Waals surface area contributed by atoms with E-state index >= 15 is 0 Å². The number of allylic oxidation sites excluding steroid dienone is 2. The van der Waals surface area contributed by atoms with Crippen LogP contribution in [-0.4, -0.2) is 12.6 Å². The number of rotatable bonds is 2. The summed E-state index contributed by atoms with van der Waals surface area (Å²) in [5.41, 5.74) is 1.44. The van der Waals surface area contributed by atoms with Crippen LogP contribution < -0.4 is 0 Å². The van der Waals surface area contributed by atoms with Crippen LogP contribution in [0.1, 0.15) is 20.3 Å². The average molecular weight is 166 g/mol. The molecule has 0 bridgehead atoms. The van der Waals surface area contributed by atoms with Crippen LogP contribution in [-0.2, 0) is 9.53 Å². The lowest BCUT2D eigenvalue weighted by Gasteiger charge is -2.01. The molecular weight excluding hydrogens is 152 g/mol. The van der Waals surface area contributed by atoms with Crippen molar-refractivity contribution < 1.29 is 9.53 Å². The van der Waals surface area contributed by atoms with Gasteiger partial charge in [0, 0.05) is 0 Å². The first-order chi connectivity index (χ1) is 5.74. The van der Waals surface area contributed by atoms with Gasteiger partial charge in [0.2, 0.25) is 0 Å². The molecule has 0 amide bonds. The van der Waals surface area contributed by atoms with Gasteiger partial charge >= 0.3 is 5.97 Å². The van der Waals surface area contributed by atoms with Crippen molar-refractivity contribution >= 4 is 5.97 Å². The van der Waals surface area contributed by atoms with Crippen LogP contribution in [0.15, 0.2) is 11.6 Å². The van der Waals surface area contributed by atoms with E-state index in [-0.39, 0.29) is 11.9 Å². The summed E-state index contributed by atoms with van der Waals surface area (Å²) in [6, 6.07) is 0. The molecule has 0 radical (unpaired) electrons. The smallest absolute Gasteiger partial charge is 0.309 e. The van der Waals surface area contributed by atoms with Crippen molar-refractivity contribution in [3.05, 3.63) is 11.6 Å². The molecule has 0 aliphatic heterocycles. The SMILES string of the molecule is CCOC(=O)[C@H]1[C@@H]2C=C(C)C[C@@H]21. The van der Waals surface area contributed by atoms with Crippen LogP contribution in [0.25, 0.3) is 0 Å². The van der Waals surface area contributed by atoms with Crippen LogP contribution in [0, 0.1) is 17.8 Å². The average Bonchev–Trinajstić information content (AvgIpc) is 2.51. The molecule has 0 heterocycles. The highest BCUT2D eigenvalue weighted by Gasteiger charge is 2.56. The highest BCUT2D eigenvalue weighted by molar-refractivity contribution is 5.77. The molecule has 66 valence electrons. The highest BCUT2D eigenvalue weighted by atomic mass is 16.5. The third kappa shape index (κ3) is 1.06. The van der Waals surface area contributed by atoms with Gasteiger partial charge in [0.15, 0.2) is 0 Å². The summed E-state index contributed by atoms with van der Waals surface area (Å²) >= 11 is 0. The van der Waals surface area contributed by atoms with Crippen molar-refractivity contribution in [1.82, 2.24) is 0 Å². The van der Waals surface area contributed by atoms with Gasteiger partial charge < -0.3 is 4.74 Å². The molecule has 12 heavy (non-hydrogen) atoms. The Bertz CT molecular complexity index is 242. The van der Waals surface area contributed by atoms with Crippen LogP contribution in [0.2, 0.25) is 0 Å². The number of ether oxygens (including phenoxy) is 1. The summed E-state index contributed by atoms with van der Waals surface area (Å²) < 4.78 is 4.97. The van der Waals surface area contributed by atoms with Gasteiger partial charge in [0.1, 0.15) is 0 Å². The van der Waals surface area contributed by atoms with Crippen LogP contribution in [0.4, 0.5) is 0 Å². The van der Waals surface area contributed by atoms with Gasteiger partial charge in [-0.25, -0.2) is 0 Å². The Morgan fingerprint density at radius 3 is 3.00 bits per heavy atom. The third-order valence-electron chi connectivity index (χ3n) is 2.82. The van der Waals surface area contributed by atoms with E-state index in [2.05, 4.69) is 13.0 Å². The zero-order chi connectivity index (χ0) is 8.72. The zero-order valence-electron chi connectivity index (χ0n) is 7.54. The fourth-order valence-corrected chi connectivity index (χ4v) is 2.23. The van der Waals surface area contributed by atoms with Gasteiger partial charge in [-0.1, -0.05) is 11.6 Å². The lowest BCUT2D eigenvalue weighted by Crippen LogP contribution is -2.09. The van der Waals surface area contributed by atoms with Crippen LogP contribution in [0.5, 0.6) is 0 Å². The molecule has 0 aromatic carbocycles. The van der Waals surface area contributed by atoms with E-state index in [0.29, 0.717) is 18.4 Å². The molecule has 2 nitrogen and oxygen atoms in total. The molecule has 1 fully saturated rings. The predicted molar refractivity (Wildman–Crippen MR) is 45.5 cm³/mol. The van der Waals surface area contributed by atoms with E-state index in [1.165, 1.54) is 5.57 Å². The summed E-state index contributed by atoms with van der Waals surface area (Å²) in [6.07, 6.45) is 3.33. The summed E-state index contributed by atoms with van der Waals surface area (Å²) in [6.45, 7) is 4.50. The number of carbonyl (C=O) groups excluding carboxylic acids is 1. The number of fused-ring (bicyclic) bond motifs is 1. The second-order valence-corrected chi connectivity index (χ2v) is 3.74. The van der Waals surface area contributed by atoms with E-state index in [1.807, 2.05) is 6.92 Å². The second kappa shape index (κ2) is 2.61. The molecule has 2 rings (SSSR count). The Balaban J connectivity index is 1.92. The van der Waals surface area contributed by atoms with Gasteiger partial charge in [-0.15, -0.1) is 0 Å². The fourth-order valence-electron chi connectivity index (χ4n) is 2.23. The number of esters is 1. The van der Waals surface area contributed by atoms with E-state index in [1.54, 1.807) is 0 Å². The topological polar surface area (TPSA) is 26.3 Å². The van der Waals surface area contributed by atoms with E-state index in [9.17, 15) is 4.79 Å². The van der Waals surface area contributed by atoms with Gasteiger partial charge in [0.25, 0.3) is 0 Å². The first kappa shape index (κ1) is 7.84. The molecular formula is C10H14O2. The predicted octanol–water partition coefficient (Wildman–Crippen LogP) is 1.76. The lowest BCUT2D eigenvalue weighted by molar-refractivity contribution is -0.145. The molecule has 0 aromatic heterocycles. The Labute approximate surface area is 72.6 Å².